The lowest BCUT2D eigenvalue weighted by molar-refractivity contribution is 0.182. The van der Waals surface area contributed by atoms with Crippen molar-refractivity contribution in [2.24, 2.45) is 0 Å². The Balaban J connectivity index is 1.98. The molecule has 0 aliphatic heterocycles. The van der Waals surface area contributed by atoms with Crippen LogP contribution >= 0.6 is 0 Å². The van der Waals surface area contributed by atoms with Crippen LogP contribution in [0.15, 0.2) is 54.6 Å². The Bertz CT molecular complexity index is 457. The molecule has 0 aliphatic rings. The number of aliphatic hydroxyl groups is 1. The first kappa shape index (κ1) is 12.8. The molecule has 0 aromatic heterocycles. The summed E-state index contributed by atoms with van der Waals surface area (Å²) < 4.78 is 0. The molecule has 1 atom stereocenters. The predicted molar refractivity (Wildman–Crippen MR) is 76.5 cm³/mol. The van der Waals surface area contributed by atoms with E-state index in [9.17, 15) is 5.11 Å². The molecule has 2 aromatic rings. The van der Waals surface area contributed by atoms with Crippen LogP contribution in [0.3, 0.4) is 0 Å². The lowest BCUT2D eigenvalue weighted by Gasteiger charge is -2.06. The largest absolute Gasteiger partial charge is 0.393 e. The fourth-order valence-corrected chi connectivity index (χ4v) is 2.10. The van der Waals surface area contributed by atoms with Crippen LogP contribution in [-0.2, 0) is 6.42 Å². The zero-order valence-corrected chi connectivity index (χ0v) is 10.8. The summed E-state index contributed by atoms with van der Waals surface area (Å²) in [4.78, 5) is 0. The molecule has 0 heterocycles. The van der Waals surface area contributed by atoms with Crippen molar-refractivity contribution in [3.05, 3.63) is 60.2 Å². The minimum absolute atomic E-state index is 0.186. The summed E-state index contributed by atoms with van der Waals surface area (Å²) >= 11 is 0. The first-order valence-electron chi connectivity index (χ1n) is 6.58. The van der Waals surface area contributed by atoms with Gasteiger partial charge in [0, 0.05) is 0 Å². The van der Waals surface area contributed by atoms with E-state index in [-0.39, 0.29) is 6.10 Å². The number of hydrogen-bond acceptors (Lipinski definition) is 1. The summed E-state index contributed by atoms with van der Waals surface area (Å²) in [5.74, 6) is 0. The summed E-state index contributed by atoms with van der Waals surface area (Å²) in [6.07, 6.45) is 2.77. The number of hydrogen-bond donors (Lipinski definition) is 1. The van der Waals surface area contributed by atoms with E-state index in [2.05, 4.69) is 48.5 Å². The smallest absolute Gasteiger partial charge is 0.0512 e. The SMILES string of the molecule is CC(O)CCCc1ccc(-c2ccccc2)cc1. The Morgan fingerprint density at radius 2 is 1.50 bits per heavy atom. The van der Waals surface area contributed by atoms with E-state index in [1.54, 1.807) is 0 Å². The maximum Gasteiger partial charge on any atom is 0.0512 e. The van der Waals surface area contributed by atoms with Crippen LogP contribution < -0.4 is 0 Å². The summed E-state index contributed by atoms with van der Waals surface area (Å²) in [7, 11) is 0. The Kier molecular flexibility index (Phi) is 4.54. The molecule has 1 nitrogen and oxygen atoms in total. The molecule has 0 amide bonds. The van der Waals surface area contributed by atoms with E-state index in [1.807, 2.05) is 13.0 Å². The molecule has 2 aromatic carbocycles. The first-order valence-corrected chi connectivity index (χ1v) is 6.58. The minimum atomic E-state index is -0.186. The average molecular weight is 240 g/mol. The maximum absolute atomic E-state index is 9.22. The van der Waals surface area contributed by atoms with Crippen LogP contribution in [0.4, 0.5) is 0 Å². The number of rotatable bonds is 5. The normalized spacial score (nSPS) is 12.3. The van der Waals surface area contributed by atoms with Gasteiger partial charge in [-0.05, 0) is 42.9 Å². The van der Waals surface area contributed by atoms with Gasteiger partial charge in [-0.1, -0.05) is 54.6 Å². The second kappa shape index (κ2) is 6.36. The van der Waals surface area contributed by atoms with Crippen molar-refractivity contribution < 1.29 is 5.11 Å². The molecule has 1 heteroatoms. The topological polar surface area (TPSA) is 20.2 Å². The molecular weight excluding hydrogens is 220 g/mol. The summed E-state index contributed by atoms with van der Waals surface area (Å²) in [5.41, 5.74) is 3.86. The number of benzene rings is 2. The lowest BCUT2D eigenvalue weighted by Crippen LogP contribution is -1.99. The predicted octanol–water partition coefficient (Wildman–Crippen LogP) is 4.06. The minimum Gasteiger partial charge on any atom is -0.393 e. The van der Waals surface area contributed by atoms with Gasteiger partial charge in [0.2, 0.25) is 0 Å². The van der Waals surface area contributed by atoms with E-state index < -0.39 is 0 Å². The van der Waals surface area contributed by atoms with Gasteiger partial charge in [-0.25, -0.2) is 0 Å². The molecular formula is C17H20O. The Hall–Kier alpha value is -1.60. The Labute approximate surface area is 109 Å². The van der Waals surface area contributed by atoms with Crippen molar-refractivity contribution in [1.82, 2.24) is 0 Å². The second-order valence-electron chi connectivity index (χ2n) is 4.80. The molecule has 1 N–H and O–H groups in total. The van der Waals surface area contributed by atoms with Crippen LogP contribution in [-0.4, -0.2) is 11.2 Å². The number of aliphatic hydroxyl groups excluding tert-OH is 1. The molecule has 1 unspecified atom stereocenters. The van der Waals surface area contributed by atoms with Crippen LogP contribution in [0, 0.1) is 0 Å². The highest BCUT2D eigenvalue weighted by molar-refractivity contribution is 5.63. The lowest BCUT2D eigenvalue weighted by atomic mass is 10.0. The van der Waals surface area contributed by atoms with Crippen molar-refractivity contribution in [1.29, 1.82) is 0 Å². The first-order chi connectivity index (χ1) is 8.75. The fraction of sp³-hybridized carbons (Fsp3) is 0.294. The fourth-order valence-electron chi connectivity index (χ4n) is 2.10. The highest BCUT2D eigenvalue weighted by Crippen LogP contribution is 2.19. The highest BCUT2D eigenvalue weighted by Gasteiger charge is 1.99. The van der Waals surface area contributed by atoms with Gasteiger partial charge in [0.25, 0.3) is 0 Å². The third kappa shape index (κ3) is 3.71. The molecule has 0 bridgehead atoms. The number of aryl methyl sites for hydroxylation is 1. The highest BCUT2D eigenvalue weighted by atomic mass is 16.3. The van der Waals surface area contributed by atoms with Gasteiger partial charge < -0.3 is 5.11 Å². The van der Waals surface area contributed by atoms with Gasteiger partial charge in [-0.3, -0.25) is 0 Å². The van der Waals surface area contributed by atoms with Gasteiger partial charge >= 0.3 is 0 Å². The second-order valence-corrected chi connectivity index (χ2v) is 4.80. The van der Waals surface area contributed by atoms with E-state index in [4.69, 9.17) is 0 Å². The molecule has 18 heavy (non-hydrogen) atoms. The third-order valence-electron chi connectivity index (χ3n) is 3.15. The van der Waals surface area contributed by atoms with Gasteiger partial charge in [-0.2, -0.15) is 0 Å². The van der Waals surface area contributed by atoms with Gasteiger partial charge in [0.1, 0.15) is 0 Å². The van der Waals surface area contributed by atoms with Crippen molar-refractivity contribution in [2.75, 3.05) is 0 Å². The van der Waals surface area contributed by atoms with Gasteiger partial charge in [0.15, 0.2) is 0 Å². The summed E-state index contributed by atoms with van der Waals surface area (Å²) in [6.45, 7) is 1.85. The molecule has 0 fully saturated rings. The molecule has 0 aliphatic carbocycles. The average Bonchev–Trinajstić information content (AvgIpc) is 2.40. The summed E-state index contributed by atoms with van der Waals surface area (Å²) in [6, 6.07) is 19.1. The van der Waals surface area contributed by atoms with Crippen molar-refractivity contribution >= 4 is 0 Å². The third-order valence-corrected chi connectivity index (χ3v) is 3.15. The van der Waals surface area contributed by atoms with Gasteiger partial charge in [0.05, 0.1) is 6.10 Å². The van der Waals surface area contributed by atoms with Crippen molar-refractivity contribution in [3.8, 4) is 11.1 Å². The van der Waals surface area contributed by atoms with E-state index in [0.717, 1.165) is 19.3 Å². The molecule has 94 valence electrons. The zero-order chi connectivity index (χ0) is 12.8. The monoisotopic (exact) mass is 240 g/mol. The molecule has 0 saturated carbocycles. The Morgan fingerprint density at radius 1 is 0.889 bits per heavy atom. The van der Waals surface area contributed by atoms with Crippen LogP contribution in [0.5, 0.6) is 0 Å². The maximum atomic E-state index is 9.22. The van der Waals surface area contributed by atoms with E-state index >= 15 is 0 Å². The van der Waals surface area contributed by atoms with E-state index in [0.29, 0.717) is 0 Å². The van der Waals surface area contributed by atoms with E-state index in [1.165, 1.54) is 16.7 Å². The van der Waals surface area contributed by atoms with Crippen molar-refractivity contribution in [3.63, 3.8) is 0 Å². The standard InChI is InChI=1S/C17H20O/c1-14(18)6-5-7-15-10-12-17(13-11-15)16-8-3-2-4-9-16/h2-4,8-14,18H,5-7H2,1H3. The van der Waals surface area contributed by atoms with Crippen LogP contribution in [0.1, 0.15) is 25.3 Å². The van der Waals surface area contributed by atoms with Crippen LogP contribution in [0.25, 0.3) is 11.1 Å². The van der Waals surface area contributed by atoms with Gasteiger partial charge in [-0.15, -0.1) is 0 Å². The Morgan fingerprint density at radius 3 is 2.11 bits per heavy atom. The molecule has 0 radical (unpaired) electrons. The molecule has 0 saturated heterocycles. The molecule has 0 spiro atoms. The van der Waals surface area contributed by atoms with Crippen molar-refractivity contribution in [2.45, 2.75) is 32.3 Å². The quantitative estimate of drug-likeness (QED) is 0.835. The zero-order valence-electron chi connectivity index (χ0n) is 10.8. The summed E-state index contributed by atoms with van der Waals surface area (Å²) in [5, 5.41) is 9.22. The molecule has 2 rings (SSSR count). The van der Waals surface area contributed by atoms with Crippen LogP contribution in [0.2, 0.25) is 0 Å².